The monoisotopic (exact) mass is 534 g/mol. The Morgan fingerprint density at radius 2 is 0.905 bits per heavy atom. The summed E-state index contributed by atoms with van der Waals surface area (Å²) in [5.74, 6) is 0. The number of aromatic nitrogens is 2. The minimum atomic E-state index is 1.21. The molecule has 0 unspecified atom stereocenters. The molecule has 2 nitrogen and oxygen atoms in total. The second kappa shape index (κ2) is 8.95. The first-order valence-electron chi connectivity index (χ1n) is 14.4. The van der Waals surface area contributed by atoms with Crippen molar-refractivity contribution >= 4 is 54.3 Å². The molecule has 0 amide bonds. The van der Waals surface area contributed by atoms with E-state index < -0.39 is 0 Å². The molecule has 0 atom stereocenters. The number of hydrogen-bond acceptors (Lipinski definition) is 0. The van der Waals surface area contributed by atoms with E-state index in [-0.39, 0.29) is 0 Å². The van der Waals surface area contributed by atoms with E-state index in [1.807, 2.05) is 0 Å². The zero-order chi connectivity index (χ0) is 27.6. The highest BCUT2D eigenvalue weighted by Crippen LogP contribution is 2.37. The number of para-hydroxylation sites is 1. The number of fused-ring (bicyclic) bond motifs is 6. The Kier molecular flexibility index (Phi) is 4.93. The average molecular weight is 535 g/mol. The Labute approximate surface area is 243 Å². The van der Waals surface area contributed by atoms with E-state index in [1.165, 1.54) is 76.8 Å². The van der Waals surface area contributed by atoms with Crippen LogP contribution in [-0.2, 0) is 0 Å². The van der Waals surface area contributed by atoms with Crippen LogP contribution in [0, 0.1) is 0 Å². The fraction of sp³-hybridized carbons (Fsp3) is 0. The average Bonchev–Trinajstić information content (AvgIpc) is 3.63. The molecule has 0 aliphatic heterocycles. The van der Waals surface area contributed by atoms with Crippen LogP contribution in [0.5, 0.6) is 0 Å². The van der Waals surface area contributed by atoms with Gasteiger partial charge in [-0.1, -0.05) is 103 Å². The van der Waals surface area contributed by atoms with Crippen LogP contribution in [0.3, 0.4) is 0 Å². The summed E-state index contributed by atoms with van der Waals surface area (Å²) in [6.07, 6.45) is 2.19. The van der Waals surface area contributed by atoms with Crippen LogP contribution in [-0.4, -0.2) is 9.13 Å². The van der Waals surface area contributed by atoms with Crippen molar-refractivity contribution in [2.24, 2.45) is 0 Å². The number of nitrogens with zero attached hydrogens (tertiary/aromatic N) is 2. The highest BCUT2D eigenvalue weighted by Gasteiger charge is 2.15. The molecule has 2 heterocycles. The van der Waals surface area contributed by atoms with Crippen LogP contribution in [0.25, 0.3) is 76.8 Å². The van der Waals surface area contributed by atoms with Crippen molar-refractivity contribution in [2.45, 2.75) is 0 Å². The topological polar surface area (TPSA) is 9.86 Å². The van der Waals surface area contributed by atoms with Crippen molar-refractivity contribution < 1.29 is 0 Å². The van der Waals surface area contributed by atoms with Gasteiger partial charge >= 0.3 is 0 Å². The van der Waals surface area contributed by atoms with E-state index in [2.05, 4.69) is 167 Å². The highest BCUT2D eigenvalue weighted by atomic mass is 15.0. The van der Waals surface area contributed by atoms with E-state index in [0.717, 1.165) is 0 Å². The molecular weight excluding hydrogens is 508 g/mol. The molecule has 0 radical (unpaired) electrons. The Hall–Kier alpha value is -5.60. The minimum absolute atomic E-state index is 1.21. The highest BCUT2D eigenvalue weighted by molar-refractivity contribution is 6.12. The van der Waals surface area contributed by atoms with Gasteiger partial charge in [-0.2, -0.15) is 0 Å². The third-order valence-corrected chi connectivity index (χ3v) is 8.73. The van der Waals surface area contributed by atoms with E-state index in [1.54, 1.807) is 0 Å². The van der Waals surface area contributed by atoms with Gasteiger partial charge in [-0.05, 0) is 70.4 Å². The standard InChI is InChI=1S/C40H26N2/c1-3-13-32-27(9-1)11-7-17-37(32)41-24-23-31-25-29(19-21-36(31)41)30-20-22-40-35(26-30)34-15-5-6-16-39(34)42(40)38-18-8-12-28-10-2-4-14-33(28)38/h1-26H. The number of benzene rings is 7. The maximum Gasteiger partial charge on any atom is 0.0541 e. The molecule has 42 heavy (non-hydrogen) atoms. The van der Waals surface area contributed by atoms with Gasteiger partial charge in [0.05, 0.1) is 27.9 Å². The van der Waals surface area contributed by atoms with Gasteiger partial charge in [0.25, 0.3) is 0 Å². The van der Waals surface area contributed by atoms with Crippen LogP contribution >= 0.6 is 0 Å². The largest absolute Gasteiger partial charge is 0.316 e. The second-order valence-corrected chi connectivity index (χ2v) is 11.0. The summed E-state index contributed by atoms with van der Waals surface area (Å²) in [5, 5.41) is 8.79. The summed E-state index contributed by atoms with van der Waals surface area (Å²) < 4.78 is 4.73. The van der Waals surface area contributed by atoms with Gasteiger partial charge in [0.2, 0.25) is 0 Å². The van der Waals surface area contributed by atoms with Gasteiger partial charge in [0.15, 0.2) is 0 Å². The molecule has 0 N–H and O–H groups in total. The van der Waals surface area contributed by atoms with Gasteiger partial charge in [-0.3, -0.25) is 0 Å². The van der Waals surface area contributed by atoms with Crippen LogP contribution in [0.1, 0.15) is 0 Å². The molecule has 196 valence electrons. The summed E-state index contributed by atoms with van der Waals surface area (Å²) in [4.78, 5) is 0. The lowest BCUT2D eigenvalue weighted by atomic mass is 10.0. The van der Waals surface area contributed by atoms with Crippen molar-refractivity contribution in [3.05, 3.63) is 158 Å². The lowest BCUT2D eigenvalue weighted by Gasteiger charge is -2.12. The quantitative estimate of drug-likeness (QED) is 0.213. The molecule has 0 bridgehead atoms. The maximum atomic E-state index is 2.42. The molecular formula is C40H26N2. The first-order valence-corrected chi connectivity index (χ1v) is 14.4. The summed E-state index contributed by atoms with van der Waals surface area (Å²) in [6, 6.07) is 55.1. The maximum absolute atomic E-state index is 2.42. The molecule has 0 aliphatic carbocycles. The van der Waals surface area contributed by atoms with Gasteiger partial charge in [-0.15, -0.1) is 0 Å². The minimum Gasteiger partial charge on any atom is -0.316 e. The van der Waals surface area contributed by atoms with Crippen molar-refractivity contribution in [3.63, 3.8) is 0 Å². The summed E-state index contributed by atoms with van der Waals surface area (Å²) in [5.41, 5.74) is 8.53. The van der Waals surface area contributed by atoms with Crippen LogP contribution < -0.4 is 0 Å². The van der Waals surface area contributed by atoms with Crippen LogP contribution in [0.4, 0.5) is 0 Å². The Balaban J connectivity index is 1.21. The van der Waals surface area contributed by atoms with E-state index >= 15 is 0 Å². The smallest absolute Gasteiger partial charge is 0.0541 e. The third-order valence-electron chi connectivity index (χ3n) is 8.73. The molecule has 0 aliphatic rings. The van der Waals surface area contributed by atoms with Crippen molar-refractivity contribution in [1.29, 1.82) is 0 Å². The van der Waals surface area contributed by atoms with Crippen molar-refractivity contribution in [1.82, 2.24) is 9.13 Å². The molecule has 7 aromatic carbocycles. The molecule has 0 saturated carbocycles. The Morgan fingerprint density at radius 1 is 0.333 bits per heavy atom. The van der Waals surface area contributed by atoms with Crippen molar-refractivity contribution in [3.8, 4) is 22.5 Å². The zero-order valence-electron chi connectivity index (χ0n) is 22.9. The lowest BCUT2D eigenvalue weighted by molar-refractivity contribution is 1.14. The lowest BCUT2D eigenvalue weighted by Crippen LogP contribution is -1.95. The van der Waals surface area contributed by atoms with E-state index in [9.17, 15) is 0 Å². The Bertz CT molecular complexity index is 2460. The summed E-state index contributed by atoms with van der Waals surface area (Å²) in [7, 11) is 0. The number of hydrogen-bond donors (Lipinski definition) is 0. The molecule has 2 aromatic heterocycles. The van der Waals surface area contributed by atoms with Gasteiger partial charge in [-0.25, -0.2) is 0 Å². The molecule has 9 aromatic rings. The first-order chi connectivity index (χ1) is 20.8. The first kappa shape index (κ1) is 23.1. The fourth-order valence-electron chi connectivity index (χ4n) is 6.77. The predicted molar refractivity (Wildman–Crippen MR) is 178 cm³/mol. The fourth-order valence-corrected chi connectivity index (χ4v) is 6.77. The van der Waals surface area contributed by atoms with E-state index in [0.29, 0.717) is 0 Å². The van der Waals surface area contributed by atoms with Gasteiger partial charge < -0.3 is 9.13 Å². The predicted octanol–water partition coefficient (Wildman–Crippen LogP) is 10.7. The summed E-state index contributed by atoms with van der Waals surface area (Å²) >= 11 is 0. The number of rotatable bonds is 3. The third kappa shape index (κ3) is 3.39. The molecule has 0 saturated heterocycles. The van der Waals surface area contributed by atoms with Crippen molar-refractivity contribution in [2.75, 3.05) is 0 Å². The van der Waals surface area contributed by atoms with Crippen LogP contribution in [0.2, 0.25) is 0 Å². The molecule has 2 heteroatoms. The SMILES string of the molecule is c1ccc2c(-n3ccc4cc(-c5ccc6c(c5)c5ccccc5n6-c5cccc6ccccc56)ccc43)cccc2c1. The van der Waals surface area contributed by atoms with Crippen LogP contribution in [0.15, 0.2) is 158 Å². The zero-order valence-corrected chi connectivity index (χ0v) is 22.9. The van der Waals surface area contributed by atoms with E-state index in [4.69, 9.17) is 0 Å². The summed E-state index contributed by atoms with van der Waals surface area (Å²) in [6.45, 7) is 0. The molecule has 9 rings (SSSR count). The van der Waals surface area contributed by atoms with Gasteiger partial charge in [0, 0.05) is 33.1 Å². The molecule has 0 fully saturated rings. The molecule has 0 spiro atoms. The second-order valence-electron chi connectivity index (χ2n) is 11.0. The Morgan fingerprint density at radius 3 is 1.69 bits per heavy atom. The van der Waals surface area contributed by atoms with Gasteiger partial charge in [0.1, 0.15) is 0 Å². The normalized spacial score (nSPS) is 11.8.